The zero-order valence-corrected chi connectivity index (χ0v) is 20.5. The third-order valence-electron chi connectivity index (χ3n) is 5.01. The van der Waals surface area contributed by atoms with Crippen molar-refractivity contribution in [1.82, 2.24) is 35.4 Å². The Bertz CT molecular complexity index is 1210. The van der Waals surface area contributed by atoms with E-state index >= 15 is 0 Å². The lowest BCUT2D eigenvalue weighted by molar-refractivity contribution is -0.150. The van der Waals surface area contributed by atoms with Crippen LogP contribution in [0.15, 0.2) is 27.0 Å². The fourth-order valence-corrected chi connectivity index (χ4v) is 6.52. The number of carbonyl (C=O) groups excluding carboxylic acids is 2. The average Bonchev–Trinajstić information content (AvgIpc) is 3.41. The van der Waals surface area contributed by atoms with Gasteiger partial charge in [0, 0.05) is 23.4 Å². The minimum Gasteiger partial charge on any atom is -0.477 e. The Morgan fingerprint density at radius 2 is 2.21 bits per heavy atom. The highest BCUT2D eigenvalue weighted by molar-refractivity contribution is 8.01. The van der Waals surface area contributed by atoms with Crippen molar-refractivity contribution < 1.29 is 24.3 Å². The Kier molecular flexibility index (Phi) is 6.76. The summed E-state index contributed by atoms with van der Waals surface area (Å²) in [6, 6.07) is -0.940. The first kappa shape index (κ1) is 24.0. The number of hydrogen-bond acceptors (Lipinski definition) is 13. The highest BCUT2D eigenvalue weighted by Crippen LogP contribution is 2.45. The number of thioether (sulfide) groups is 2. The molecule has 4 heterocycles. The van der Waals surface area contributed by atoms with Gasteiger partial charge in [0.1, 0.15) is 29.9 Å². The molecule has 0 aromatic carbocycles. The normalized spacial score (nSPS) is 22.3. The van der Waals surface area contributed by atoms with Gasteiger partial charge >= 0.3 is 5.97 Å². The minimum atomic E-state index is -1.22. The van der Waals surface area contributed by atoms with E-state index in [1.165, 1.54) is 40.2 Å². The molecule has 2 amide bonds. The molecular weight excluding hydrogens is 506 g/mol. The largest absolute Gasteiger partial charge is 0.477 e. The molecule has 4 rings (SSSR count). The van der Waals surface area contributed by atoms with Crippen LogP contribution in [0.3, 0.4) is 0 Å². The number of aryl methyl sites for hydroxylation is 1. The summed E-state index contributed by atoms with van der Waals surface area (Å²) >= 11 is 3.78. The predicted octanol–water partition coefficient (Wildman–Crippen LogP) is -0.481. The first-order chi connectivity index (χ1) is 16.2. The number of carbonyl (C=O) groups is 3. The van der Waals surface area contributed by atoms with E-state index in [-0.39, 0.29) is 33.2 Å². The van der Waals surface area contributed by atoms with Crippen LogP contribution in [-0.2, 0) is 26.3 Å². The number of carboxylic acids is 1. The first-order valence-electron chi connectivity index (χ1n) is 9.66. The highest BCUT2D eigenvalue weighted by Gasteiger charge is 2.55. The number of rotatable bonds is 8. The van der Waals surface area contributed by atoms with E-state index < -0.39 is 29.2 Å². The quantitative estimate of drug-likeness (QED) is 0.174. The summed E-state index contributed by atoms with van der Waals surface area (Å²) < 4.78 is 1.48. The van der Waals surface area contributed by atoms with E-state index in [4.69, 9.17) is 10.6 Å². The van der Waals surface area contributed by atoms with Crippen molar-refractivity contribution in [2.24, 2.45) is 12.2 Å². The summed E-state index contributed by atoms with van der Waals surface area (Å²) in [5, 5.41) is 28.9. The summed E-state index contributed by atoms with van der Waals surface area (Å²) in [5.74, 6) is -2.16. The number of nitrogen functional groups attached to an aromatic ring is 1. The van der Waals surface area contributed by atoms with Crippen LogP contribution in [0.2, 0.25) is 0 Å². The van der Waals surface area contributed by atoms with Crippen LogP contribution >= 0.6 is 34.9 Å². The van der Waals surface area contributed by atoms with Gasteiger partial charge in [-0.05, 0) is 22.9 Å². The Hall–Kier alpha value is -3.18. The standard InChI is InChI=1S/C17H19N9O5S3/c1-6-7(4-33-17-21-23-24-25(17)2)11(15(29)30)26-13(28)10(14(26)34-6)20-12(27)9(22-31-3)8-5-32-16(18)19-8/h5-6,10,14H,4H2,1-3H3,(H2,18,19)(H,20,27)(H,29,30)/b22-9-/t6-,10?,14+/m0/s1. The second-order valence-electron chi connectivity index (χ2n) is 7.07. The second kappa shape index (κ2) is 9.59. The maximum atomic E-state index is 13.0. The third kappa shape index (κ3) is 4.32. The van der Waals surface area contributed by atoms with Gasteiger partial charge in [0.15, 0.2) is 10.8 Å². The lowest BCUT2D eigenvalue weighted by atomic mass is 10.0. The van der Waals surface area contributed by atoms with Gasteiger partial charge in [-0.25, -0.2) is 14.5 Å². The molecule has 1 fully saturated rings. The first-order valence-corrected chi connectivity index (χ1v) is 12.5. The van der Waals surface area contributed by atoms with E-state index in [1.54, 1.807) is 12.4 Å². The zero-order valence-electron chi connectivity index (χ0n) is 18.0. The molecule has 4 N–H and O–H groups in total. The Balaban J connectivity index is 1.54. The number of amides is 2. The number of nitrogens with one attached hydrogen (secondary N) is 1. The van der Waals surface area contributed by atoms with Crippen molar-refractivity contribution in [3.8, 4) is 0 Å². The van der Waals surface area contributed by atoms with Crippen LogP contribution in [0.4, 0.5) is 5.13 Å². The number of hydrogen-bond donors (Lipinski definition) is 3. The van der Waals surface area contributed by atoms with Crippen molar-refractivity contribution in [2.45, 2.75) is 28.7 Å². The van der Waals surface area contributed by atoms with Crippen LogP contribution in [0, 0.1) is 0 Å². The van der Waals surface area contributed by atoms with Gasteiger partial charge in [-0.3, -0.25) is 14.5 Å². The number of fused-ring (bicyclic) bond motifs is 1. The number of thiazole rings is 1. The lowest BCUT2D eigenvalue weighted by Crippen LogP contribution is -2.71. The van der Waals surface area contributed by atoms with Crippen LogP contribution in [0.1, 0.15) is 12.6 Å². The van der Waals surface area contributed by atoms with Gasteiger partial charge in [-0.2, -0.15) is 0 Å². The summed E-state index contributed by atoms with van der Waals surface area (Å²) in [5.41, 5.74) is 6.18. The monoisotopic (exact) mass is 525 g/mol. The van der Waals surface area contributed by atoms with Gasteiger partial charge in [-0.15, -0.1) is 28.2 Å². The fourth-order valence-electron chi connectivity index (χ4n) is 3.43. The van der Waals surface area contributed by atoms with Crippen molar-refractivity contribution in [1.29, 1.82) is 0 Å². The van der Waals surface area contributed by atoms with E-state index in [1.807, 2.05) is 6.92 Å². The van der Waals surface area contributed by atoms with Crippen LogP contribution < -0.4 is 11.1 Å². The predicted molar refractivity (Wildman–Crippen MR) is 124 cm³/mol. The van der Waals surface area contributed by atoms with Crippen LogP contribution in [-0.4, -0.2) is 88.2 Å². The molecule has 34 heavy (non-hydrogen) atoms. The number of anilines is 1. The van der Waals surface area contributed by atoms with Gasteiger partial charge in [0.2, 0.25) is 5.16 Å². The summed E-state index contributed by atoms with van der Waals surface area (Å²) in [6.07, 6.45) is 0. The number of nitrogens with zero attached hydrogens (tertiary/aromatic N) is 7. The van der Waals surface area contributed by atoms with Gasteiger partial charge in [0.25, 0.3) is 11.8 Å². The Labute approximate surface area is 205 Å². The van der Waals surface area contributed by atoms with E-state index in [0.717, 1.165) is 11.3 Å². The van der Waals surface area contributed by atoms with E-state index in [9.17, 15) is 19.5 Å². The number of carboxylic acid groups (broad SMARTS) is 1. The summed E-state index contributed by atoms with van der Waals surface area (Å²) in [4.78, 5) is 47.9. The summed E-state index contributed by atoms with van der Waals surface area (Å²) in [7, 11) is 2.95. The number of nitrogens with two attached hydrogens (primary N) is 1. The molecule has 0 radical (unpaired) electrons. The number of aliphatic carboxylic acids is 1. The molecule has 0 saturated carbocycles. The molecule has 1 unspecified atom stereocenters. The summed E-state index contributed by atoms with van der Waals surface area (Å²) in [6.45, 7) is 1.85. The van der Waals surface area contributed by atoms with Crippen molar-refractivity contribution in [3.05, 3.63) is 22.3 Å². The molecular formula is C17H19N9O5S3. The van der Waals surface area contributed by atoms with Crippen molar-refractivity contribution >= 4 is 63.5 Å². The molecule has 2 aromatic heterocycles. The van der Waals surface area contributed by atoms with Crippen molar-refractivity contribution in [3.63, 3.8) is 0 Å². The Morgan fingerprint density at radius 3 is 2.79 bits per heavy atom. The fraction of sp³-hybridized carbons (Fsp3) is 0.412. The van der Waals surface area contributed by atoms with Gasteiger partial charge in [0.05, 0.1) is 0 Å². The topological polar surface area (TPSA) is 191 Å². The third-order valence-corrected chi connectivity index (χ3v) is 8.20. The molecule has 0 bridgehead atoms. The second-order valence-corrected chi connectivity index (χ2v) is 10.4. The molecule has 0 aliphatic carbocycles. The number of aromatic nitrogens is 5. The van der Waals surface area contributed by atoms with Crippen molar-refractivity contribution in [2.75, 3.05) is 18.6 Å². The maximum Gasteiger partial charge on any atom is 0.352 e. The van der Waals surface area contributed by atoms with Gasteiger partial charge < -0.3 is 21.0 Å². The number of oxime groups is 1. The molecule has 3 atom stereocenters. The van der Waals surface area contributed by atoms with E-state index in [0.29, 0.717) is 10.7 Å². The van der Waals surface area contributed by atoms with Crippen LogP contribution in [0.5, 0.6) is 0 Å². The molecule has 17 heteroatoms. The average molecular weight is 526 g/mol. The SMILES string of the molecule is CO/N=C(\C(=O)NC1C(=O)N2C(C(=O)O)=C(CSc3nnnn3C)[C@H](C)S[C@H]12)c1csc(N)n1. The number of tetrazole rings is 1. The molecule has 2 aliphatic heterocycles. The molecule has 2 aromatic rings. The molecule has 2 aliphatic rings. The van der Waals surface area contributed by atoms with E-state index in [2.05, 4.69) is 31.0 Å². The number of β-lactam (4-membered cyclic amide) rings is 1. The molecule has 14 nitrogen and oxygen atoms in total. The lowest BCUT2D eigenvalue weighted by Gasteiger charge is -2.51. The zero-order chi connectivity index (χ0) is 24.6. The Morgan fingerprint density at radius 1 is 1.44 bits per heavy atom. The maximum absolute atomic E-state index is 13.0. The molecule has 180 valence electrons. The van der Waals surface area contributed by atoms with Gasteiger partial charge in [-0.1, -0.05) is 16.9 Å². The van der Waals surface area contributed by atoms with Crippen LogP contribution in [0.25, 0.3) is 0 Å². The highest BCUT2D eigenvalue weighted by atomic mass is 32.2. The molecule has 1 saturated heterocycles. The molecule has 0 spiro atoms. The smallest absolute Gasteiger partial charge is 0.352 e. The minimum absolute atomic E-state index is 0.0903.